The molecule has 0 aliphatic rings. The Bertz CT molecular complexity index is 623. The van der Waals surface area contributed by atoms with Crippen LogP contribution in [0.3, 0.4) is 0 Å². The number of nitrogens with zero attached hydrogens (tertiary/aromatic N) is 1. The van der Waals surface area contributed by atoms with Crippen molar-refractivity contribution in [3.05, 3.63) is 53.3 Å². The van der Waals surface area contributed by atoms with Gasteiger partial charge >= 0.3 is 0 Å². The van der Waals surface area contributed by atoms with Gasteiger partial charge in [0.15, 0.2) is 0 Å². The Morgan fingerprint density at radius 2 is 2.00 bits per heavy atom. The smallest absolute Gasteiger partial charge is 0.221 e. The summed E-state index contributed by atoms with van der Waals surface area (Å²) in [5.41, 5.74) is 5.31. The van der Waals surface area contributed by atoms with E-state index in [4.69, 9.17) is 0 Å². The zero-order chi connectivity index (χ0) is 14.5. The summed E-state index contributed by atoms with van der Waals surface area (Å²) >= 11 is 0. The van der Waals surface area contributed by atoms with Gasteiger partial charge in [0.25, 0.3) is 0 Å². The van der Waals surface area contributed by atoms with Crippen molar-refractivity contribution < 1.29 is 4.79 Å². The Kier molecular flexibility index (Phi) is 4.35. The molecule has 2 N–H and O–H groups in total. The summed E-state index contributed by atoms with van der Waals surface area (Å²) in [5, 5.41) is 6.18. The maximum Gasteiger partial charge on any atom is 0.221 e. The van der Waals surface area contributed by atoms with Gasteiger partial charge in [0.1, 0.15) is 0 Å². The molecule has 0 unspecified atom stereocenters. The first kappa shape index (κ1) is 14.1. The lowest BCUT2D eigenvalue weighted by Gasteiger charge is -2.11. The molecule has 0 bridgehead atoms. The molecule has 1 heterocycles. The van der Waals surface area contributed by atoms with Crippen LogP contribution < -0.4 is 10.6 Å². The normalized spacial score (nSPS) is 10.2. The number of hydrogen-bond acceptors (Lipinski definition) is 3. The van der Waals surface area contributed by atoms with E-state index < -0.39 is 0 Å². The molecule has 1 amide bonds. The molecule has 4 heteroatoms. The molecule has 0 atom stereocenters. The van der Waals surface area contributed by atoms with Crippen LogP contribution in [-0.4, -0.2) is 10.9 Å². The number of aromatic nitrogens is 1. The Labute approximate surface area is 119 Å². The minimum atomic E-state index is -0.0557. The number of aryl methyl sites for hydroxylation is 2. The predicted octanol–water partition coefficient (Wildman–Crippen LogP) is 3.27. The van der Waals surface area contributed by atoms with Gasteiger partial charge in [-0.15, -0.1) is 0 Å². The number of benzene rings is 1. The van der Waals surface area contributed by atoms with Crippen molar-refractivity contribution in [3.63, 3.8) is 0 Å². The standard InChI is InChI=1S/C16H19N3O/c1-11-6-7-17-9-14(11)10-18-15-4-5-16(12(2)8-15)19-13(3)20/h4-9,18H,10H2,1-3H3,(H,19,20). The monoisotopic (exact) mass is 269 g/mol. The van der Waals surface area contributed by atoms with Crippen LogP contribution in [-0.2, 0) is 11.3 Å². The van der Waals surface area contributed by atoms with E-state index in [9.17, 15) is 4.79 Å². The highest BCUT2D eigenvalue weighted by Gasteiger charge is 2.02. The van der Waals surface area contributed by atoms with E-state index >= 15 is 0 Å². The minimum Gasteiger partial charge on any atom is -0.381 e. The van der Waals surface area contributed by atoms with Gasteiger partial charge in [-0.25, -0.2) is 0 Å². The van der Waals surface area contributed by atoms with Gasteiger partial charge < -0.3 is 10.6 Å². The van der Waals surface area contributed by atoms with Crippen LogP contribution in [0.2, 0.25) is 0 Å². The maximum atomic E-state index is 11.1. The third-order valence-corrected chi connectivity index (χ3v) is 3.17. The van der Waals surface area contributed by atoms with Crippen LogP contribution in [0, 0.1) is 13.8 Å². The first-order valence-corrected chi connectivity index (χ1v) is 6.58. The van der Waals surface area contributed by atoms with Gasteiger partial charge in [-0.1, -0.05) is 0 Å². The van der Waals surface area contributed by atoms with Crippen molar-refractivity contribution in [2.45, 2.75) is 27.3 Å². The fourth-order valence-corrected chi connectivity index (χ4v) is 1.98. The maximum absolute atomic E-state index is 11.1. The topological polar surface area (TPSA) is 54.0 Å². The van der Waals surface area contributed by atoms with Gasteiger partial charge in [0.2, 0.25) is 5.91 Å². The molecule has 2 aromatic rings. The molecule has 0 spiro atoms. The highest BCUT2D eigenvalue weighted by molar-refractivity contribution is 5.89. The average molecular weight is 269 g/mol. The highest BCUT2D eigenvalue weighted by atomic mass is 16.1. The van der Waals surface area contributed by atoms with Crippen LogP contribution in [0.4, 0.5) is 11.4 Å². The number of hydrogen-bond donors (Lipinski definition) is 2. The molecule has 0 aliphatic heterocycles. The number of carbonyl (C=O) groups is 1. The molecular weight excluding hydrogens is 250 g/mol. The van der Waals surface area contributed by atoms with Gasteiger partial charge in [-0.2, -0.15) is 0 Å². The summed E-state index contributed by atoms with van der Waals surface area (Å²) < 4.78 is 0. The Hall–Kier alpha value is -2.36. The molecule has 1 aromatic heterocycles. The quantitative estimate of drug-likeness (QED) is 0.895. The molecule has 4 nitrogen and oxygen atoms in total. The van der Waals surface area contributed by atoms with E-state index in [2.05, 4.69) is 22.5 Å². The number of anilines is 2. The van der Waals surface area contributed by atoms with Crippen molar-refractivity contribution in [1.29, 1.82) is 0 Å². The summed E-state index contributed by atoms with van der Waals surface area (Å²) in [6.07, 6.45) is 3.67. The molecular formula is C16H19N3O. The SMILES string of the molecule is CC(=O)Nc1ccc(NCc2cnccc2C)cc1C. The number of nitrogens with one attached hydrogen (secondary N) is 2. The second kappa shape index (κ2) is 6.19. The molecule has 1 aromatic carbocycles. The van der Waals surface area contributed by atoms with Gasteiger partial charge in [0.05, 0.1) is 0 Å². The van der Waals surface area contributed by atoms with Crippen LogP contribution >= 0.6 is 0 Å². The lowest BCUT2D eigenvalue weighted by atomic mass is 10.1. The second-order valence-corrected chi connectivity index (χ2v) is 4.87. The summed E-state index contributed by atoms with van der Waals surface area (Å²) in [6, 6.07) is 7.90. The van der Waals surface area contributed by atoms with Crippen molar-refractivity contribution in [3.8, 4) is 0 Å². The van der Waals surface area contributed by atoms with Crippen LogP contribution in [0.1, 0.15) is 23.6 Å². The summed E-state index contributed by atoms with van der Waals surface area (Å²) in [6.45, 7) is 6.30. The average Bonchev–Trinajstić information content (AvgIpc) is 2.40. The van der Waals surface area contributed by atoms with Gasteiger partial charge in [0, 0.05) is 37.2 Å². The minimum absolute atomic E-state index is 0.0557. The second-order valence-electron chi connectivity index (χ2n) is 4.87. The number of pyridine rings is 1. The largest absolute Gasteiger partial charge is 0.381 e. The lowest BCUT2D eigenvalue weighted by Crippen LogP contribution is -2.07. The fraction of sp³-hybridized carbons (Fsp3) is 0.250. The molecule has 0 aliphatic carbocycles. The van der Waals surface area contributed by atoms with E-state index in [1.165, 1.54) is 18.1 Å². The number of amides is 1. The molecule has 2 rings (SSSR count). The van der Waals surface area contributed by atoms with Gasteiger partial charge in [-0.3, -0.25) is 9.78 Å². The third kappa shape index (κ3) is 3.57. The predicted molar refractivity (Wildman–Crippen MR) is 81.8 cm³/mol. The molecule has 0 saturated carbocycles. The highest BCUT2D eigenvalue weighted by Crippen LogP contribution is 2.20. The lowest BCUT2D eigenvalue weighted by molar-refractivity contribution is -0.114. The van der Waals surface area contributed by atoms with Crippen molar-refractivity contribution in [2.75, 3.05) is 10.6 Å². The van der Waals surface area contributed by atoms with E-state index in [0.717, 1.165) is 23.5 Å². The van der Waals surface area contributed by atoms with Crippen LogP contribution in [0.5, 0.6) is 0 Å². The fourth-order valence-electron chi connectivity index (χ4n) is 1.98. The van der Waals surface area contributed by atoms with Crippen LogP contribution in [0.25, 0.3) is 0 Å². The van der Waals surface area contributed by atoms with E-state index in [1.54, 1.807) is 6.20 Å². The molecule has 20 heavy (non-hydrogen) atoms. The Balaban J connectivity index is 2.06. The molecule has 0 radical (unpaired) electrons. The summed E-state index contributed by atoms with van der Waals surface area (Å²) in [4.78, 5) is 15.2. The van der Waals surface area contributed by atoms with E-state index in [-0.39, 0.29) is 5.91 Å². The molecule has 104 valence electrons. The third-order valence-electron chi connectivity index (χ3n) is 3.17. The van der Waals surface area contributed by atoms with Crippen molar-refractivity contribution in [2.24, 2.45) is 0 Å². The summed E-state index contributed by atoms with van der Waals surface area (Å²) in [7, 11) is 0. The van der Waals surface area contributed by atoms with Crippen molar-refractivity contribution >= 4 is 17.3 Å². The Morgan fingerprint density at radius 3 is 2.65 bits per heavy atom. The first-order chi connectivity index (χ1) is 9.56. The molecule has 0 fully saturated rings. The summed E-state index contributed by atoms with van der Waals surface area (Å²) in [5.74, 6) is -0.0557. The first-order valence-electron chi connectivity index (χ1n) is 6.58. The van der Waals surface area contributed by atoms with Crippen molar-refractivity contribution in [1.82, 2.24) is 4.98 Å². The van der Waals surface area contributed by atoms with Gasteiger partial charge in [-0.05, 0) is 54.8 Å². The Morgan fingerprint density at radius 1 is 1.20 bits per heavy atom. The number of rotatable bonds is 4. The van der Waals surface area contributed by atoms with Crippen LogP contribution in [0.15, 0.2) is 36.7 Å². The zero-order valence-electron chi connectivity index (χ0n) is 12.0. The molecule has 0 saturated heterocycles. The zero-order valence-corrected chi connectivity index (χ0v) is 12.0. The van der Waals surface area contributed by atoms with E-state index in [0.29, 0.717) is 0 Å². The van der Waals surface area contributed by atoms with E-state index in [1.807, 2.05) is 37.4 Å². The number of carbonyl (C=O) groups excluding carboxylic acids is 1.